The van der Waals surface area contributed by atoms with E-state index in [4.69, 9.17) is 4.42 Å². The van der Waals surface area contributed by atoms with Crippen molar-refractivity contribution in [2.45, 2.75) is 0 Å². The number of rotatable bonds is 3. The van der Waals surface area contributed by atoms with E-state index < -0.39 is 0 Å². The van der Waals surface area contributed by atoms with Gasteiger partial charge in [-0.2, -0.15) is 0 Å². The number of hydrogen-bond donors (Lipinski definition) is 2. The van der Waals surface area contributed by atoms with Gasteiger partial charge in [0.1, 0.15) is 11.3 Å². The average Bonchev–Trinajstić information content (AvgIpc) is 3.08. The molecule has 4 rings (SSSR count). The van der Waals surface area contributed by atoms with E-state index in [-0.39, 0.29) is 17.4 Å². The molecule has 5 heteroatoms. The molecule has 1 amide bonds. The van der Waals surface area contributed by atoms with Crippen LogP contribution in [0.25, 0.3) is 22.1 Å². The van der Waals surface area contributed by atoms with E-state index in [0.717, 1.165) is 10.9 Å². The number of phenolic OH excluding ortho intramolecular Hbond substituents is 1. The lowest BCUT2D eigenvalue weighted by molar-refractivity contribution is 0.0998. The van der Waals surface area contributed by atoms with E-state index in [1.807, 2.05) is 30.3 Å². The standard InChI is InChI=1S/C20H14N2O3/c23-17-9-2-1-7-15(17)16-8-3-5-13-11-18(25-19(13)16)20(24)22-14-6-4-10-21-12-14/h1-12,23H,(H,22,24). The largest absolute Gasteiger partial charge is 0.507 e. The molecular formula is C20H14N2O3. The van der Waals surface area contributed by atoms with Crippen molar-refractivity contribution in [1.29, 1.82) is 0 Å². The molecule has 0 fully saturated rings. The van der Waals surface area contributed by atoms with Crippen LogP contribution in [0, 0.1) is 0 Å². The van der Waals surface area contributed by atoms with Crippen LogP contribution < -0.4 is 5.32 Å². The van der Waals surface area contributed by atoms with Crippen molar-refractivity contribution in [2.24, 2.45) is 0 Å². The molecule has 5 nitrogen and oxygen atoms in total. The Bertz CT molecular complexity index is 1050. The minimum Gasteiger partial charge on any atom is -0.507 e. The highest BCUT2D eigenvalue weighted by atomic mass is 16.3. The average molecular weight is 330 g/mol. The van der Waals surface area contributed by atoms with Gasteiger partial charge in [-0.1, -0.05) is 36.4 Å². The van der Waals surface area contributed by atoms with Gasteiger partial charge in [0.2, 0.25) is 0 Å². The molecule has 2 aromatic heterocycles. The Morgan fingerprint density at radius 3 is 2.64 bits per heavy atom. The van der Waals surface area contributed by atoms with Crippen LogP contribution in [0.2, 0.25) is 0 Å². The first-order chi connectivity index (χ1) is 12.2. The Labute approximate surface area is 143 Å². The molecule has 0 radical (unpaired) electrons. The van der Waals surface area contributed by atoms with Crippen molar-refractivity contribution < 1.29 is 14.3 Å². The van der Waals surface area contributed by atoms with Crippen LogP contribution in [0.4, 0.5) is 5.69 Å². The van der Waals surface area contributed by atoms with Gasteiger partial charge in [0.25, 0.3) is 5.91 Å². The Balaban J connectivity index is 1.75. The van der Waals surface area contributed by atoms with Gasteiger partial charge >= 0.3 is 0 Å². The summed E-state index contributed by atoms with van der Waals surface area (Å²) in [6, 6.07) is 17.8. The molecule has 0 unspecified atom stereocenters. The summed E-state index contributed by atoms with van der Waals surface area (Å²) < 4.78 is 5.80. The van der Waals surface area contributed by atoms with Gasteiger partial charge in [-0.25, -0.2) is 0 Å². The second kappa shape index (κ2) is 6.13. The van der Waals surface area contributed by atoms with Crippen LogP contribution in [0.15, 0.2) is 77.5 Å². The highest BCUT2D eigenvalue weighted by molar-refractivity contribution is 6.06. The molecule has 0 spiro atoms. The van der Waals surface area contributed by atoms with Crippen molar-refractivity contribution >= 4 is 22.6 Å². The SMILES string of the molecule is O=C(Nc1cccnc1)c1cc2cccc(-c3ccccc3O)c2o1. The molecule has 0 saturated heterocycles. The fraction of sp³-hybridized carbons (Fsp3) is 0. The Morgan fingerprint density at radius 2 is 1.84 bits per heavy atom. The molecule has 0 bridgehead atoms. The number of nitrogens with zero attached hydrogens (tertiary/aromatic N) is 1. The number of benzene rings is 2. The van der Waals surface area contributed by atoms with Crippen LogP contribution in [0.1, 0.15) is 10.6 Å². The second-order valence-electron chi connectivity index (χ2n) is 5.55. The van der Waals surface area contributed by atoms with Crippen molar-refractivity contribution in [3.63, 3.8) is 0 Å². The summed E-state index contributed by atoms with van der Waals surface area (Å²) in [4.78, 5) is 16.4. The minimum absolute atomic E-state index is 0.160. The smallest absolute Gasteiger partial charge is 0.291 e. The molecule has 0 aliphatic rings. The zero-order valence-electron chi connectivity index (χ0n) is 13.1. The van der Waals surface area contributed by atoms with Crippen molar-refractivity contribution in [3.05, 3.63) is 78.8 Å². The van der Waals surface area contributed by atoms with Crippen LogP contribution in [-0.2, 0) is 0 Å². The van der Waals surface area contributed by atoms with Gasteiger partial charge in [0.15, 0.2) is 5.76 Å². The molecule has 122 valence electrons. The molecule has 25 heavy (non-hydrogen) atoms. The van der Waals surface area contributed by atoms with Gasteiger partial charge < -0.3 is 14.8 Å². The van der Waals surface area contributed by atoms with E-state index in [9.17, 15) is 9.90 Å². The number of para-hydroxylation sites is 2. The minimum atomic E-state index is -0.354. The Hall–Kier alpha value is -3.60. The number of carbonyl (C=O) groups is 1. The molecule has 2 aromatic carbocycles. The number of phenols is 1. The van der Waals surface area contributed by atoms with E-state index in [0.29, 0.717) is 16.8 Å². The van der Waals surface area contributed by atoms with Crippen LogP contribution in [0.5, 0.6) is 5.75 Å². The molecule has 2 heterocycles. The predicted molar refractivity (Wildman–Crippen MR) is 95.5 cm³/mol. The first kappa shape index (κ1) is 15.0. The van der Waals surface area contributed by atoms with Crippen LogP contribution in [0.3, 0.4) is 0 Å². The van der Waals surface area contributed by atoms with Gasteiger partial charge in [0, 0.05) is 22.7 Å². The van der Waals surface area contributed by atoms with Crippen LogP contribution in [-0.4, -0.2) is 16.0 Å². The number of aromatic hydroxyl groups is 1. The van der Waals surface area contributed by atoms with Crippen molar-refractivity contribution in [2.75, 3.05) is 5.32 Å². The fourth-order valence-corrected chi connectivity index (χ4v) is 2.72. The van der Waals surface area contributed by atoms with Crippen molar-refractivity contribution in [3.8, 4) is 16.9 Å². The van der Waals surface area contributed by atoms with E-state index in [2.05, 4.69) is 10.3 Å². The van der Waals surface area contributed by atoms with Crippen LogP contribution >= 0.6 is 0 Å². The maximum absolute atomic E-state index is 12.4. The molecule has 2 N–H and O–H groups in total. The maximum atomic E-state index is 12.4. The summed E-state index contributed by atoms with van der Waals surface area (Å²) in [5.41, 5.74) is 2.53. The highest BCUT2D eigenvalue weighted by Crippen LogP contribution is 2.35. The number of pyridine rings is 1. The first-order valence-corrected chi connectivity index (χ1v) is 7.75. The summed E-state index contributed by atoms with van der Waals surface area (Å²) in [6.45, 7) is 0. The second-order valence-corrected chi connectivity index (χ2v) is 5.55. The lowest BCUT2D eigenvalue weighted by Gasteiger charge is -2.05. The van der Waals surface area contributed by atoms with Gasteiger partial charge in [-0.3, -0.25) is 9.78 Å². The maximum Gasteiger partial charge on any atom is 0.291 e. The summed E-state index contributed by atoms with van der Waals surface area (Å²) in [5, 5.41) is 13.6. The van der Waals surface area contributed by atoms with E-state index >= 15 is 0 Å². The number of fused-ring (bicyclic) bond motifs is 1. The number of carbonyl (C=O) groups excluding carboxylic acids is 1. The lowest BCUT2D eigenvalue weighted by Crippen LogP contribution is -2.10. The lowest BCUT2D eigenvalue weighted by atomic mass is 10.0. The number of aromatic nitrogens is 1. The van der Waals surface area contributed by atoms with E-state index in [1.54, 1.807) is 42.7 Å². The summed E-state index contributed by atoms with van der Waals surface area (Å²) in [5.74, 6) is 0.00178. The molecular weight excluding hydrogens is 316 g/mol. The third kappa shape index (κ3) is 2.83. The van der Waals surface area contributed by atoms with Gasteiger partial charge in [-0.05, 0) is 24.3 Å². The quantitative estimate of drug-likeness (QED) is 0.582. The number of furan rings is 1. The topological polar surface area (TPSA) is 75.4 Å². The highest BCUT2D eigenvalue weighted by Gasteiger charge is 2.16. The molecule has 0 atom stereocenters. The molecule has 4 aromatic rings. The summed E-state index contributed by atoms with van der Waals surface area (Å²) in [7, 11) is 0. The predicted octanol–water partition coefficient (Wildman–Crippen LogP) is 4.45. The zero-order chi connectivity index (χ0) is 17.2. The number of anilines is 1. The molecule has 0 saturated carbocycles. The third-order valence-electron chi connectivity index (χ3n) is 3.88. The fourth-order valence-electron chi connectivity index (χ4n) is 2.72. The Morgan fingerprint density at radius 1 is 1.00 bits per heavy atom. The zero-order valence-corrected chi connectivity index (χ0v) is 13.1. The first-order valence-electron chi connectivity index (χ1n) is 7.75. The number of nitrogens with one attached hydrogen (secondary N) is 1. The summed E-state index contributed by atoms with van der Waals surface area (Å²) >= 11 is 0. The van der Waals surface area contributed by atoms with Gasteiger partial charge in [0.05, 0.1) is 11.9 Å². The number of amides is 1. The van der Waals surface area contributed by atoms with Crippen molar-refractivity contribution in [1.82, 2.24) is 4.98 Å². The Kier molecular flexibility index (Phi) is 3.67. The van der Waals surface area contributed by atoms with Gasteiger partial charge in [-0.15, -0.1) is 0 Å². The monoisotopic (exact) mass is 330 g/mol. The molecule has 0 aliphatic heterocycles. The van der Waals surface area contributed by atoms with E-state index in [1.165, 1.54) is 0 Å². The third-order valence-corrected chi connectivity index (χ3v) is 3.88. The summed E-state index contributed by atoms with van der Waals surface area (Å²) in [6.07, 6.45) is 3.20. The molecule has 0 aliphatic carbocycles. The number of hydrogen-bond acceptors (Lipinski definition) is 4. The normalized spacial score (nSPS) is 10.7.